The van der Waals surface area contributed by atoms with Gasteiger partial charge in [-0.2, -0.15) is 0 Å². The molecule has 100 valence electrons. The molecule has 1 amide bonds. The van der Waals surface area contributed by atoms with Gasteiger partial charge in [0.15, 0.2) is 0 Å². The monoisotopic (exact) mass is 270 g/mol. The fourth-order valence-corrected chi connectivity index (χ4v) is 1.54. The maximum Gasteiger partial charge on any atom is 0.250 e. The van der Waals surface area contributed by atoms with Gasteiger partial charge in [0.2, 0.25) is 5.91 Å². The van der Waals surface area contributed by atoms with E-state index in [1.54, 1.807) is 12.1 Å². The molecule has 0 fully saturated rings. The number of halogens is 1. The highest BCUT2D eigenvalue weighted by Crippen LogP contribution is 2.19. The van der Waals surface area contributed by atoms with Crippen LogP contribution in [-0.4, -0.2) is 32.2 Å². The van der Waals surface area contributed by atoms with Crippen LogP contribution < -0.4 is 10.6 Å². The Bertz CT molecular complexity index is 372. The molecule has 0 spiro atoms. The summed E-state index contributed by atoms with van der Waals surface area (Å²) in [6.07, 6.45) is 1.09. The lowest BCUT2D eigenvalue weighted by Gasteiger charge is -2.08. The minimum atomic E-state index is -0.196. The molecule has 0 aliphatic rings. The van der Waals surface area contributed by atoms with Gasteiger partial charge in [-0.25, -0.2) is 0 Å². The standard InChI is InChI=1S/C13H19ClN2O2/c1-2-7-15-8-9-18-10-13(17)16-12-6-4-3-5-11(12)14/h3-6,15H,2,7-10H2,1H3,(H,16,17). The lowest BCUT2D eigenvalue weighted by Crippen LogP contribution is -2.24. The van der Waals surface area contributed by atoms with Crippen molar-refractivity contribution in [3.63, 3.8) is 0 Å². The third kappa shape index (κ3) is 6.00. The van der Waals surface area contributed by atoms with Crippen LogP contribution in [-0.2, 0) is 9.53 Å². The summed E-state index contributed by atoms with van der Waals surface area (Å²) in [5.74, 6) is -0.196. The van der Waals surface area contributed by atoms with E-state index in [-0.39, 0.29) is 12.5 Å². The molecule has 1 rings (SSSR count). The summed E-state index contributed by atoms with van der Waals surface area (Å²) in [6, 6.07) is 7.11. The maximum atomic E-state index is 11.5. The molecular formula is C13H19ClN2O2. The van der Waals surface area contributed by atoms with Crippen LogP contribution in [0.25, 0.3) is 0 Å². The molecule has 0 radical (unpaired) electrons. The number of hydrogen-bond donors (Lipinski definition) is 2. The Labute approximate surface area is 113 Å². The predicted octanol–water partition coefficient (Wildman–Crippen LogP) is 2.29. The molecule has 0 bridgehead atoms. The zero-order valence-corrected chi connectivity index (χ0v) is 11.3. The van der Waals surface area contributed by atoms with E-state index in [1.165, 1.54) is 0 Å². The number of hydrogen-bond acceptors (Lipinski definition) is 3. The van der Waals surface area contributed by atoms with Gasteiger partial charge in [-0.1, -0.05) is 30.7 Å². The Kier molecular flexibility index (Phi) is 7.41. The van der Waals surface area contributed by atoms with Crippen LogP contribution in [0.3, 0.4) is 0 Å². The Balaban J connectivity index is 2.16. The number of ether oxygens (including phenoxy) is 1. The van der Waals surface area contributed by atoms with E-state index in [0.29, 0.717) is 17.3 Å². The van der Waals surface area contributed by atoms with Crippen molar-refractivity contribution < 1.29 is 9.53 Å². The van der Waals surface area contributed by atoms with Crippen molar-refractivity contribution in [3.05, 3.63) is 29.3 Å². The van der Waals surface area contributed by atoms with Gasteiger partial charge in [0.1, 0.15) is 6.61 Å². The summed E-state index contributed by atoms with van der Waals surface area (Å²) in [7, 11) is 0. The van der Waals surface area contributed by atoms with Crippen LogP contribution in [0.1, 0.15) is 13.3 Å². The third-order valence-corrected chi connectivity index (χ3v) is 2.56. The number of benzene rings is 1. The van der Waals surface area contributed by atoms with Gasteiger partial charge in [-0.15, -0.1) is 0 Å². The molecule has 0 aliphatic carbocycles. The fraction of sp³-hybridized carbons (Fsp3) is 0.462. The lowest BCUT2D eigenvalue weighted by molar-refractivity contribution is -0.120. The van der Waals surface area contributed by atoms with E-state index < -0.39 is 0 Å². The number of carbonyl (C=O) groups excluding carboxylic acids is 1. The molecule has 4 nitrogen and oxygen atoms in total. The van der Waals surface area contributed by atoms with Crippen LogP contribution in [0.4, 0.5) is 5.69 Å². The highest BCUT2D eigenvalue weighted by Gasteiger charge is 2.04. The first-order valence-electron chi connectivity index (χ1n) is 6.07. The molecule has 5 heteroatoms. The third-order valence-electron chi connectivity index (χ3n) is 2.23. The fourth-order valence-electron chi connectivity index (χ4n) is 1.36. The van der Waals surface area contributed by atoms with Crippen molar-refractivity contribution >= 4 is 23.2 Å². The largest absolute Gasteiger partial charge is 0.370 e. The Morgan fingerprint density at radius 2 is 2.11 bits per heavy atom. The molecule has 1 aromatic carbocycles. The number of carbonyl (C=O) groups is 1. The van der Waals surface area contributed by atoms with E-state index >= 15 is 0 Å². The first-order chi connectivity index (χ1) is 8.74. The van der Waals surface area contributed by atoms with E-state index in [9.17, 15) is 4.79 Å². The van der Waals surface area contributed by atoms with E-state index in [2.05, 4.69) is 17.6 Å². The molecule has 1 aromatic rings. The molecular weight excluding hydrogens is 252 g/mol. The molecule has 0 unspecified atom stereocenters. The van der Waals surface area contributed by atoms with Gasteiger partial charge >= 0.3 is 0 Å². The van der Waals surface area contributed by atoms with Gasteiger partial charge in [0, 0.05) is 6.54 Å². The van der Waals surface area contributed by atoms with Crippen LogP contribution >= 0.6 is 11.6 Å². The zero-order chi connectivity index (χ0) is 13.2. The molecule has 0 saturated heterocycles. The number of nitrogens with one attached hydrogen (secondary N) is 2. The number of para-hydroxylation sites is 1. The molecule has 0 aromatic heterocycles. The SMILES string of the molecule is CCCNCCOCC(=O)Nc1ccccc1Cl. The van der Waals surface area contributed by atoms with Crippen molar-refractivity contribution in [2.75, 3.05) is 31.6 Å². The summed E-state index contributed by atoms with van der Waals surface area (Å²) in [6.45, 7) is 4.39. The number of amides is 1. The first-order valence-corrected chi connectivity index (χ1v) is 6.44. The highest BCUT2D eigenvalue weighted by atomic mass is 35.5. The molecule has 0 aliphatic heterocycles. The average molecular weight is 271 g/mol. The van der Waals surface area contributed by atoms with Crippen molar-refractivity contribution in [2.24, 2.45) is 0 Å². The molecule has 18 heavy (non-hydrogen) atoms. The second-order valence-corrected chi connectivity index (χ2v) is 4.24. The first kappa shape index (κ1) is 15.0. The predicted molar refractivity (Wildman–Crippen MR) is 74.1 cm³/mol. The van der Waals surface area contributed by atoms with E-state index in [4.69, 9.17) is 16.3 Å². The van der Waals surface area contributed by atoms with Gasteiger partial charge in [-0.3, -0.25) is 4.79 Å². The topological polar surface area (TPSA) is 50.4 Å². The van der Waals surface area contributed by atoms with E-state index in [1.807, 2.05) is 12.1 Å². The average Bonchev–Trinajstić information content (AvgIpc) is 2.36. The molecule has 0 heterocycles. The van der Waals surface area contributed by atoms with Crippen molar-refractivity contribution in [2.45, 2.75) is 13.3 Å². The summed E-state index contributed by atoms with van der Waals surface area (Å²) in [5, 5.41) is 6.41. The zero-order valence-electron chi connectivity index (χ0n) is 10.5. The van der Waals surface area contributed by atoms with Crippen molar-refractivity contribution in [1.82, 2.24) is 5.32 Å². The molecule has 0 saturated carbocycles. The molecule has 0 atom stereocenters. The van der Waals surface area contributed by atoms with Crippen LogP contribution in [0.2, 0.25) is 5.02 Å². The second-order valence-electron chi connectivity index (χ2n) is 3.83. The van der Waals surface area contributed by atoms with Gasteiger partial charge in [0.05, 0.1) is 17.3 Å². The van der Waals surface area contributed by atoms with Crippen LogP contribution in [0, 0.1) is 0 Å². The quantitative estimate of drug-likeness (QED) is 0.713. The van der Waals surface area contributed by atoms with Crippen molar-refractivity contribution in [3.8, 4) is 0 Å². The maximum absolute atomic E-state index is 11.5. The van der Waals surface area contributed by atoms with Gasteiger partial charge < -0.3 is 15.4 Å². The summed E-state index contributed by atoms with van der Waals surface area (Å²) < 4.78 is 5.24. The number of rotatable bonds is 8. The Morgan fingerprint density at radius 1 is 1.33 bits per heavy atom. The minimum Gasteiger partial charge on any atom is -0.370 e. The number of anilines is 1. The normalized spacial score (nSPS) is 10.3. The van der Waals surface area contributed by atoms with Crippen molar-refractivity contribution in [1.29, 1.82) is 0 Å². The lowest BCUT2D eigenvalue weighted by atomic mass is 10.3. The smallest absolute Gasteiger partial charge is 0.250 e. The van der Waals surface area contributed by atoms with Gasteiger partial charge in [0.25, 0.3) is 0 Å². The summed E-state index contributed by atoms with van der Waals surface area (Å²) in [5.41, 5.74) is 0.608. The van der Waals surface area contributed by atoms with E-state index in [0.717, 1.165) is 19.5 Å². The Morgan fingerprint density at radius 3 is 2.83 bits per heavy atom. The van der Waals surface area contributed by atoms with Crippen LogP contribution in [0.5, 0.6) is 0 Å². The van der Waals surface area contributed by atoms with Gasteiger partial charge in [-0.05, 0) is 25.1 Å². The highest BCUT2D eigenvalue weighted by molar-refractivity contribution is 6.33. The second kappa shape index (κ2) is 8.91. The Hall–Kier alpha value is -1.10. The van der Waals surface area contributed by atoms with Crippen LogP contribution in [0.15, 0.2) is 24.3 Å². The summed E-state index contributed by atoms with van der Waals surface area (Å²) in [4.78, 5) is 11.5. The minimum absolute atomic E-state index is 0.0407. The summed E-state index contributed by atoms with van der Waals surface area (Å²) >= 11 is 5.92. The molecule has 2 N–H and O–H groups in total.